The average molecular weight is 318 g/mol. The Bertz CT molecular complexity index is 538. The van der Waals surface area contributed by atoms with E-state index in [1.54, 1.807) is 24.3 Å². The molecule has 0 aliphatic carbocycles. The second-order valence-electron chi connectivity index (χ2n) is 4.04. The number of ketones is 1. The Morgan fingerprint density at radius 1 is 1.29 bits per heavy atom. The molecule has 4 nitrogen and oxygen atoms in total. The molecular formula is C11H12BrNO3S. The minimum atomic E-state index is -3.54. The van der Waals surface area contributed by atoms with Crippen molar-refractivity contribution in [3.8, 4) is 0 Å². The van der Waals surface area contributed by atoms with Gasteiger partial charge in [0.2, 0.25) is 10.0 Å². The molecule has 92 valence electrons. The second-order valence-corrected chi connectivity index (χ2v) is 7.09. The van der Waals surface area contributed by atoms with Crippen LogP contribution in [0.5, 0.6) is 0 Å². The summed E-state index contributed by atoms with van der Waals surface area (Å²) < 4.78 is 25.6. The van der Waals surface area contributed by atoms with Crippen LogP contribution in [0.4, 0.5) is 0 Å². The van der Waals surface area contributed by atoms with Gasteiger partial charge in [0.15, 0.2) is 5.78 Å². The van der Waals surface area contributed by atoms with Crippen molar-refractivity contribution >= 4 is 31.7 Å². The van der Waals surface area contributed by atoms with E-state index in [2.05, 4.69) is 15.9 Å². The lowest BCUT2D eigenvalue weighted by Gasteiger charge is -2.14. The van der Waals surface area contributed by atoms with Crippen LogP contribution in [-0.2, 0) is 14.8 Å². The minimum Gasteiger partial charge on any atom is -0.297 e. The second kappa shape index (κ2) is 4.51. The van der Waals surface area contributed by atoms with Gasteiger partial charge < -0.3 is 0 Å². The summed E-state index contributed by atoms with van der Waals surface area (Å²) >= 11 is 3.17. The van der Waals surface area contributed by atoms with E-state index in [1.807, 2.05) is 6.92 Å². The minimum absolute atomic E-state index is 0.0495. The largest absolute Gasteiger partial charge is 0.297 e. The van der Waals surface area contributed by atoms with Gasteiger partial charge in [-0.05, 0) is 19.1 Å². The SMILES string of the molecule is Cc1ccc(S(=O)(=O)N2CC(=O)[C@@H](Br)C2)cc1. The standard InChI is InChI=1S/C11H12BrNO3S/c1-8-2-4-9(5-3-8)17(15,16)13-6-10(12)11(14)7-13/h2-5,10H,6-7H2,1H3/t10-/m0/s1. The monoisotopic (exact) mass is 317 g/mol. The Morgan fingerprint density at radius 2 is 1.88 bits per heavy atom. The normalized spacial score (nSPS) is 22.0. The molecule has 0 spiro atoms. The molecule has 1 saturated heterocycles. The summed E-state index contributed by atoms with van der Waals surface area (Å²) in [5.41, 5.74) is 1.000. The third kappa shape index (κ3) is 2.43. The van der Waals surface area contributed by atoms with Crippen molar-refractivity contribution in [3.63, 3.8) is 0 Å². The van der Waals surface area contributed by atoms with E-state index in [9.17, 15) is 13.2 Å². The van der Waals surface area contributed by atoms with Gasteiger partial charge in [0.05, 0.1) is 16.3 Å². The quantitative estimate of drug-likeness (QED) is 0.773. The number of hydrogen-bond donors (Lipinski definition) is 0. The van der Waals surface area contributed by atoms with Crippen molar-refractivity contribution in [1.82, 2.24) is 4.31 Å². The van der Waals surface area contributed by atoms with Gasteiger partial charge in [-0.25, -0.2) is 8.42 Å². The van der Waals surface area contributed by atoms with Gasteiger partial charge in [-0.3, -0.25) is 4.79 Å². The highest BCUT2D eigenvalue weighted by Crippen LogP contribution is 2.22. The molecule has 1 aromatic rings. The molecule has 2 rings (SSSR count). The molecule has 1 atom stereocenters. The molecule has 1 heterocycles. The first kappa shape index (κ1) is 12.7. The smallest absolute Gasteiger partial charge is 0.243 e. The molecule has 1 fully saturated rings. The number of benzene rings is 1. The van der Waals surface area contributed by atoms with Gasteiger partial charge >= 0.3 is 0 Å². The summed E-state index contributed by atoms with van der Waals surface area (Å²) in [7, 11) is -3.54. The lowest BCUT2D eigenvalue weighted by atomic mass is 10.2. The van der Waals surface area contributed by atoms with Crippen LogP contribution in [0.1, 0.15) is 5.56 Å². The molecular weight excluding hydrogens is 306 g/mol. The van der Waals surface area contributed by atoms with E-state index < -0.39 is 10.0 Å². The molecule has 0 N–H and O–H groups in total. The fourth-order valence-electron chi connectivity index (χ4n) is 1.66. The van der Waals surface area contributed by atoms with Crippen molar-refractivity contribution in [1.29, 1.82) is 0 Å². The highest BCUT2D eigenvalue weighted by Gasteiger charge is 2.36. The molecule has 1 aliphatic rings. The number of carbonyl (C=O) groups is 1. The van der Waals surface area contributed by atoms with E-state index in [0.717, 1.165) is 5.56 Å². The Balaban J connectivity index is 2.31. The van der Waals surface area contributed by atoms with Crippen LogP contribution in [0.2, 0.25) is 0 Å². The van der Waals surface area contributed by atoms with Gasteiger partial charge in [0.25, 0.3) is 0 Å². The first-order chi connectivity index (χ1) is 7.91. The topological polar surface area (TPSA) is 54.5 Å². The maximum atomic E-state index is 12.2. The third-order valence-corrected chi connectivity index (χ3v) is 5.33. The van der Waals surface area contributed by atoms with Crippen LogP contribution >= 0.6 is 15.9 Å². The Labute approximate surface area is 109 Å². The van der Waals surface area contributed by atoms with Crippen LogP contribution in [0.15, 0.2) is 29.2 Å². The molecule has 0 unspecified atom stereocenters. The summed E-state index contributed by atoms with van der Waals surface area (Å²) in [5, 5.41) is 0. The zero-order valence-electron chi connectivity index (χ0n) is 9.26. The molecule has 1 aromatic carbocycles. The van der Waals surface area contributed by atoms with Crippen molar-refractivity contribution in [2.75, 3.05) is 13.1 Å². The molecule has 17 heavy (non-hydrogen) atoms. The van der Waals surface area contributed by atoms with E-state index in [0.29, 0.717) is 0 Å². The van der Waals surface area contributed by atoms with Crippen LogP contribution in [0, 0.1) is 6.92 Å². The Hall–Kier alpha value is -0.720. The maximum Gasteiger partial charge on any atom is 0.243 e. The first-order valence-corrected chi connectivity index (χ1v) is 7.50. The number of hydrogen-bond acceptors (Lipinski definition) is 3. The van der Waals surface area contributed by atoms with Crippen LogP contribution in [0.3, 0.4) is 0 Å². The summed E-state index contributed by atoms with van der Waals surface area (Å²) in [6.45, 7) is 2.05. The zero-order valence-corrected chi connectivity index (χ0v) is 11.7. The zero-order chi connectivity index (χ0) is 12.6. The lowest BCUT2D eigenvalue weighted by Crippen LogP contribution is -2.29. The maximum absolute atomic E-state index is 12.2. The van der Waals surface area contributed by atoms with Crippen molar-refractivity contribution in [2.24, 2.45) is 0 Å². The molecule has 0 saturated carbocycles. The van der Waals surface area contributed by atoms with Crippen molar-refractivity contribution in [3.05, 3.63) is 29.8 Å². The molecule has 0 bridgehead atoms. The molecule has 0 aromatic heterocycles. The van der Waals surface area contributed by atoms with E-state index in [4.69, 9.17) is 0 Å². The first-order valence-electron chi connectivity index (χ1n) is 5.15. The number of nitrogens with zero attached hydrogens (tertiary/aromatic N) is 1. The summed E-state index contributed by atoms with van der Waals surface area (Å²) in [5.74, 6) is -0.0966. The Kier molecular flexibility index (Phi) is 3.38. The van der Waals surface area contributed by atoms with Crippen LogP contribution < -0.4 is 0 Å². The summed E-state index contributed by atoms with van der Waals surface area (Å²) in [4.78, 5) is 11.2. The number of halogens is 1. The number of carbonyl (C=O) groups excluding carboxylic acids is 1. The van der Waals surface area contributed by atoms with Crippen LogP contribution in [0.25, 0.3) is 0 Å². The van der Waals surface area contributed by atoms with Crippen LogP contribution in [-0.4, -0.2) is 36.4 Å². The van der Waals surface area contributed by atoms with E-state index in [-0.39, 0.29) is 28.6 Å². The lowest BCUT2D eigenvalue weighted by molar-refractivity contribution is -0.116. The fourth-order valence-corrected chi connectivity index (χ4v) is 3.77. The highest BCUT2D eigenvalue weighted by molar-refractivity contribution is 9.10. The summed E-state index contributed by atoms with van der Waals surface area (Å²) in [6.07, 6.45) is 0. The number of alkyl halides is 1. The predicted molar refractivity (Wildman–Crippen MR) is 67.7 cm³/mol. The summed E-state index contributed by atoms with van der Waals surface area (Å²) in [6, 6.07) is 6.63. The van der Waals surface area contributed by atoms with Gasteiger partial charge in [0.1, 0.15) is 0 Å². The molecule has 0 radical (unpaired) electrons. The molecule has 6 heteroatoms. The van der Waals surface area contributed by atoms with E-state index >= 15 is 0 Å². The molecule has 1 aliphatic heterocycles. The van der Waals surface area contributed by atoms with Crippen molar-refractivity contribution < 1.29 is 13.2 Å². The fraction of sp³-hybridized carbons (Fsp3) is 0.364. The average Bonchev–Trinajstić information content (AvgIpc) is 2.60. The number of Topliss-reactive ketones (excluding diaryl/α,β-unsaturated/α-hetero) is 1. The number of aryl methyl sites for hydroxylation is 1. The van der Waals surface area contributed by atoms with Gasteiger partial charge in [-0.15, -0.1) is 0 Å². The Morgan fingerprint density at radius 3 is 2.35 bits per heavy atom. The van der Waals surface area contributed by atoms with Gasteiger partial charge in [0, 0.05) is 6.54 Å². The number of rotatable bonds is 2. The third-order valence-electron chi connectivity index (χ3n) is 2.70. The molecule has 0 amide bonds. The number of sulfonamides is 1. The van der Waals surface area contributed by atoms with Gasteiger partial charge in [-0.2, -0.15) is 4.31 Å². The van der Waals surface area contributed by atoms with Crippen molar-refractivity contribution in [2.45, 2.75) is 16.6 Å². The van der Waals surface area contributed by atoms with Gasteiger partial charge in [-0.1, -0.05) is 33.6 Å². The highest BCUT2D eigenvalue weighted by atomic mass is 79.9. The predicted octanol–water partition coefficient (Wildman–Crippen LogP) is 1.33. The van der Waals surface area contributed by atoms with E-state index in [1.165, 1.54) is 4.31 Å².